The van der Waals surface area contributed by atoms with Gasteiger partial charge in [-0.3, -0.25) is 0 Å². The largest absolute Gasteiger partial charge is 0.394 e. The molecule has 84 valence electrons. The van der Waals surface area contributed by atoms with Gasteiger partial charge in [0.15, 0.2) is 6.29 Å². The summed E-state index contributed by atoms with van der Waals surface area (Å²) in [5, 5.41) is 36.7. The minimum Gasteiger partial charge on any atom is -0.394 e. The van der Waals surface area contributed by atoms with Crippen LogP contribution in [-0.4, -0.2) is 64.3 Å². The van der Waals surface area contributed by atoms with E-state index in [1.165, 1.54) is 0 Å². The maximum Gasteiger partial charge on any atom is 0.183 e. The van der Waals surface area contributed by atoms with Gasteiger partial charge >= 0.3 is 0 Å². The van der Waals surface area contributed by atoms with E-state index in [1.807, 2.05) is 0 Å². The summed E-state index contributed by atoms with van der Waals surface area (Å²) in [5.74, 6) is 0. The van der Waals surface area contributed by atoms with Gasteiger partial charge in [-0.05, 0) is 6.92 Å². The van der Waals surface area contributed by atoms with E-state index in [4.69, 9.17) is 14.6 Å². The predicted octanol–water partition coefficient (Wildman–Crippen LogP) is -2.18. The molecule has 6 heteroatoms. The molecule has 0 saturated carbocycles. The van der Waals surface area contributed by atoms with Crippen molar-refractivity contribution in [2.24, 2.45) is 0 Å². The molecule has 1 fully saturated rings. The highest BCUT2D eigenvalue weighted by atomic mass is 16.6. The normalized spacial score (nSPS) is 43.9. The first-order chi connectivity index (χ1) is 6.57. The summed E-state index contributed by atoms with van der Waals surface area (Å²) in [6.07, 6.45) is -5.22. The maximum atomic E-state index is 9.55. The number of hydrogen-bond acceptors (Lipinski definition) is 6. The molecule has 5 unspecified atom stereocenters. The zero-order valence-electron chi connectivity index (χ0n) is 7.91. The van der Waals surface area contributed by atoms with E-state index in [9.17, 15) is 15.3 Å². The van der Waals surface area contributed by atoms with Crippen LogP contribution in [0.3, 0.4) is 0 Å². The predicted molar refractivity (Wildman–Crippen MR) is 45.4 cm³/mol. The van der Waals surface area contributed by atoms with Crippen LogP contribution in [0.4, 0.5) is 0 Å². The Morgan fingerprint density at radius 1 is 1.21 bits per heavy atom. The lowest BCUT2D eigenvalue weighted by atomic mass is 10.00. The minimum atomic E-state index is -1.36. The third-order valence-electron chi connectivity index (χ3n) is 2.20. The van der Waals surface area contributed by atoms with Gasteiger partial charge in [-0.25, -0.2) is 0 Å². The van der Waals surface area contributed by atoms with Crippen LogP contribution in [0, 0.1) is 0 Å². The van der Waals surface area contributed by atoms with Crippen LogP contribution in [0.25, 0.3) is 0 Å². The summed E-state index contributed by atoms with van der Waals surface area (Å²) in [7, 11) is 0. The first kappa shape index (κ1) is 11.8. The van der Waals surface area contributed by atoms with E-state index in [1.54, 1.807) is 6.92 Å². The molecule has 0 bridgehead atoms. The smallest absolute Gasteiger partial charge is 0.183 e. The highest BCUT2D eigenvalue weighted by molar-refractivity contribution is 4.87. The molecule has 14 heavy (non-hydrogen) atoms. The van der Waals surface area contributed by atoms with Gasteiger partial charge in [-0.1, -0.05) is 0 Å². The average molecular weight is 208 g/mol. The number of ether oxygens (including phenoxy) is 2. The number of hydrogen-bond donors (Lipinski definition) is 4. The molecular weight excluding hydrogens is 192 g/mol. The second-order valence-corrected chi connectivity index (χ2v) is 3.27. The quantitative estimate of drug-likeness (QED) is 0.421. The van der Waals surface area contributed by atoms with E-state index in [2.05, 4.69) is 0 Å². The van der Waals surface area contributed by atoms with Crippen molar-refractivity contribution in [1.29, 1.82) is 0 Å². The molecule has 0 spiro atoms. The molecular formula is C8H16O6. The van der Waals surface area contributed by atoms with Gasteiger partial charge in [-0.2, -0.15) is 0 Å². The summed E-state index contributed by atoms with van der Waals surface area (Å²) in [4.78, 5) is 0. The molecule has 1 saturated heterocycles. The Morgan fingerprint density at radius 2 is 1.86 bits per heavy atom. The third kappa shape index (κ3) is 2.41. The summed E-state index contributed by atoms with van der Waals surface area (Å²) in [6, 6.07) is 0. The van der Waals surface area contributed by atoms with Crippen LogP contribution in [0.2, 0.25) is 0 Å². The molecule has 1 rings (SSSR count). The Kier molecular flexibility index (Phi) is 4.24. The van der Waals surface area contributed by atoms with E-state index in [0.717, 1.165) is 0 Å². The summed E-state index contributed by atoms with van der Waals surface area (Å²) < 4.78 is 9.84. The first-order valence-electron chi connectivity index (χ1n) is 4.50. The molecule has 0 aromatic rings. The Bertz CT molecular complexity index is 161. The molecule has 4 N–H and O–H groups in total. The van der Waals surface area contributed by atoms with Crippen LogP contribution in [0.1, 0.15) is 6.92 Å². The Hall–Kier alpha value is -0.240. The van der Waals surface area contributed by atoms with Crippen molar-refractivity contribution in [2.45, 2.75) is 37.6 Å². The van der Waals surface area contributed by atoms with Crippen LogP contribution in [0.5, 0.6) is 0 Å². The fraction of sp³-hybridized carbons (Fsp3) is 1.00. The lowest BCUT2D eigenvalue weighted by Gasteiger charge is -2.39. The summed E-state index contributed by atoms with van der Waals surface area (Å²) in [5.41, 5.74) is 0. The summed E-state index contributed by atoms with van der Waals surface area (Å²) in [6.45, 7) is 1.36. The van der Waals surface area contributed by atoms with Crippen molar-refractivity contribution in [3.05, 3.63) is 0 Å². The average Bonchev–Trinajstić information content (AvgIpc) is 2.15. The summed E-state index contributed by atoms with van der Waals surface area (Å²) >= 11 is 0. The second kappa shape index (κ2) is 5.01. The van der Waals surface area contributed by atoms with Gasteiger partial charge in [-0.15, -0.1) is 0 Å². The molecule has 0 radical (unpaired) electrons. The topological polar surface area (TPSA) is 99.4 Å². The molecule has 1 aliphatic rings. The van der Waals surface area contributed by atoms with Crippen LogP contribution < -0.4 is 0 Å². The van der Waals surface area contributed by atoms with E-state index >= 15 is 0 Å². The van der Waals surface area contributed by atoms with E-state index in [0.29, 0.717) is 0 Å². The number of aliphatic hydroxyl groups is 4. The van der Waals surface area contributed by atoms with Gasteiger partial charge < -0.3 is 29.9 Å². The van der Waals surface area contributed by atoms with Gasteiger partial charge in [0.1, 0.15) is 18.3 Å². The fourth-order valence-electron chi connectivity index (χ4n) is 1.40. The standard InChI is InChI=1S/C8H16O6/c1-4-5(10)7(13-3-2-9)6(11)8(12)14-4/h4-12H,2-3H2,1H3. The maximum absolute atomic E-state index is 9.55. The van der Waals surface area contributed by atoms with E-state index in [-0.39, 0.29) is 13.2 Å². The van der Waals surface area contributed by atoms with Gasteiger partial charge in [0, 0.05) is 0 Å². The molecule has 0 amide bonds. The Balaban J connectivity index is 2.57. The SMILES string of the molecule is CC1OC(O)C(O)C(OCCO)C1O. The van der Waals surface area contributed by atoms with Crippen molar-refractivity contribution in [3.8, 4) is 0 Å². The number of rotatable bonds is 3. The molecule has 1 heterocycles. The highest BCUT2D eigenvalue weighted by Crippen LogP contribution is 2.21. The van der Waals surface area contributed by atoms with Crippen molar-refractivity contribution >= 4 is 0 Å². The van der Waals surface area contributed by atoms with Crippen LogP contribution >= 0.6 is 0 Å². The molecule has 0 aliphatic carbocycles. The molecule has 1 aliphatic heterocycles. The molecule has 0 aromatic carbocycles. The first-order valence-corrected chi connectivity index (χ1v) is 4.50. The van der Waals surface area contributed by atoms with Gasteiger partial charge in [0.05, 0.1) is 19.3 Å². The monoisotopic (exact) mass is 208 g/mol. The Labute approximate surface area is 81.7 Å². The Morgan fingerprint density at radius 3 is 2.43 bits per heavy atom. The molecule has 6 nitrogen and oxygen atoms in total. The van der Waals surface area contributed by atoms with E-state index < -0.39 is 30.7 Å². The zero-order valence-corrected chi connectivity index (χ0v) is 7.91. The van der Waals surface area contributed by atoms with Crippen LogP contribution in [0.15, 0.2) is 0 Å². The van der Waals surface area contributed by atoms with Crippen molar-refractivity contribution in [3.63, 3.8) is 0 Å². The second-order valence-electron chi connectivity index (χ2n) is 3.27. The highest BCUT2D eigenvalue weighted by Gasteiger charge is 2.42. The van der Waals surface area contributed by atoms with Crippen molar-refractivity contribution < 1.29 is 29.9 Å². The van der Waals surface area contributed by atoms with Gasteiger partial charge in [0.25, 0.3) is 0 Å². The third-order valence-corrected chi connectivity index (χ3v) is 2.20. The van der Waals surface area contributed by atoms with Crippen molar-refractivity contribution in [1.82, 2.24) is 0 Å². The number of aliphatic hydroxyl groups excluding tert-OH is 4. The lowest BCUT2D eigenvalue weighted by molar-refractivity contribution is -0.286. The lowest BCUT2D eigenvalue weighted by Crippen LogP contribution is -2.57. The fourth-order valence-corrected chi connectivity index (χ4v) is 1.40. The minimum absolute atomic E-state index is 0.00176. The zero-order chi connectivity index (χ0) is 10.7. The molecule has 0 aromatic heterocycles. The van der Waals surface area contributed by atoms with Crippen molar-refractivity contribution in [2.75, 3.05) is 13.2 Å². The molecule has 5 atom stereocenters. The van der Waals surface area contributed by atoms with Crippen LogP contribution in [-0.2, 0) is 9.47 Å². The van der Waals surface area contributed by atoms with Gasteiger partial charge in [0.2, 0.25) is 0 Å².